The molecular formula is C18H22FN5O2S3. The van der Waals surface area contributed by atoms with Gasteiger partial charge in [-0.3, -0.25) is 14.5 Å². The Morgan fingerprint density at radius 1 is 1.10 bits per heavy atom. The topological polar surface area (TPSA) is 78.4 Å². The summed E-state index contributed by atoms with van der Waals surface area (Å²) in [4.78, 5) is 28.4. The van der Waals surface area contributed by atoms with Gasteiger partial charge in [-0.05, 0) is 30.0 Å². The molecule has 1 saturated heterocycles. The van der Waals surface area contributed by atoms with Crippen LogP contribution in [0.1, 0.15) is 6.92 Å². The average Bonchev–Trinajstić information content (AvgIpc) is 3.16. The molecule has 1 N–H and O–H groups in total. The smallest absolute Gasteiger partial charge is 0.238 e. The molecule has 3 rings (SSSR count). The fourth-order valence-electron chi connectivity index (χ4n) is 2.74. The molecule has 7 nitrogen and oxygen atoms in total. The molecule has 2 amide bonds. The number of nitrogens with one attached hydrogen (secondary N) is 1. The van der Waals surface area contributed by atoms with E-state index in [0.29, 0.717) is 37.6 Å². The van der Waals surface area contributed by atoms with E-state index in [2.05, 4.69) is 22.4 Å². The van der Waals surface area contributed by atoms with Crippen molar-refractivity contribution in [2.24, 2.45) is 0 Å². The van der Waals surface area contributed by atoms with E-state index in [0.717, 1.165) is 14.4 Å². The van der Waals surface area contributed by atoms with Gasteiger partial charge in [0, 0.05) is 31.9 Å². The zero-order valence-electron chi connectivity index (χ0n) is 16.0. The van der Waals surface area contributed by atoms with Crippen LogP contribution >= 0.6 is 34.9 Å². The quantitative estimate of drug-likeness (QED) is 0.613. The first-order chi connectivity index (χ1) is 14.0. The third-order valence-electron chi connectivity index (χ3n) is 4.20. The molecular weight excluding hydrogens is 433 g/mol. The molecule has 2 heterocycles. The van der Waals surface area contributed by atoms with Gasteiger partial charge in [0.25, 0.3) is 0 Å². The van der Waals surface area contributed by atoms with Gasteiger partial charge in [0.15, 0.2) is 8.68 Å². The second-order valence-corrected chi connectivity index (χ2v) is 9.98. The van der Waals surface area contributed by atoms with Gasteiger partial charge in [-0.25, -0.2) is 4.39 Å². The average molecular weight is 456 g/mol. The van der Waals surface area contributed by atoms with Gasteiger partial charge in [0.05, 0.1) is 12.3 Å². The molecule has 0 aliphatic carbocycles. The van der Waals surface area contributed by atoms with Crippen molar-refractivity contribution < 1.29 is 14.0 Å². The molecule has 0 spiro atoms. The number of carbonyl (C=O) groups excluding carboxylic acids is 2. The normalized spacial score (nSPS) is 14.8. The van der Waals surface area contributed by atoms with E-state index >= 15 is 0 Å². The Labute approximate surface area is 181 Å². The first-order valence-corrected chi connectivity index (χ1v) is 12.0. The van der Waals surface area contributed by atoms with Crippen LogP contribution in [0.3, 0.4) is 0 Å². The third kappa shape index (κ3) is 6.95. The molecule has 0 atom stereocenters. The molecule has 1 aromatic carbocycles. The molecule has 1 aromatic heterocycles. The number of nitrogens with zero attached hydrogens (tertiary/aromatic N) is 4. The van der Waals surface area contributed by atoms with E-state index in [1.807, 2.05) is 9.80 Å². The molecule has 1 aliphatic rings. The minimum absolute atomic E-state index is 0.0744. The lowest BCUT2D eigenvalue weighted by molar-refractivity contribution is -0.130. The number of benzene rings is 1. The summed E-state index contributed by atoms with van der Waals surface area (Å²) in [6, 6.07) is 5.68. The van der Waals surface area contributed by atoms with Crippen molar-refractivity contribution in [3.8, 4) is 0 Å². The van der Waals surface area contributed by atoms with Gasteiger partial charge >= 0.3 is 0 Å². The van der Waals surface area contributed by atoms with Gasteiger partial charge in [0.1, 0.15) is 5.82 Å². The number of halogens is 1. The number of carbonyl (C=O) groups is 2. The van der Waals surface area contributed by atoms with Gasteiger partial charge in [-0.2, -0.15) is 0 Å². The van der Waals surface area contributed by atoms with E-state index in [-0.39, 0.29) is 24.2 Å². The summed E-state index contributed by atoms with van der Waals surface area (Å²) in [7, 11) is 0. The minimum atomic E-state index is -0.339. The van der Waals surface area contributed by atoms with Crippen LogP contribution in [0.2, 0.25) is 0 Å². The van der Waals surface area contributed by atoms with Crippen LogP contribution in [0.4, 0.5) is 10.1 Å². The first-order valence-electron chi connectivity index (χ1n) is 9.18. The second kappa shape index (κ2) is 10.9. The Kier molecular flexibility index (Phi) is 8.28. The minimum Gasteiger partial charge on any atom is -0.339 e. The van der Waals surface area contributed by atoms with Crippen LogP contribution in [0.5, 0.6) is 0 Å². The summed E-state index contributed by atoms with van der Waals surface area (Å²) in [6.45, 7) is 4.78. The fraction of sp³-hybridized carbons (Fsp3) is 0.444. The summed E-state index contributed by atoms with van der Waals surface area (Å²) in [5, 5.41) is 10.9. The lowest BCUT2D eigenvalue weighted by atomic mass is 10.3. The van der Waals surface area contributed by atoms with Crippen molar-refractivity contribution in [2.45, 2.75) is 15.6 Å². The van der Waals surface area contributed by atoms with Gasteiger partial charge in [-0.15, -0.1) is 10.2 Å². The molecule has 29 heavy (non-hydrogen) atoms. The van der Waals surface area contributed by atoms with E-state index in [1.54, 1.807) is 11.8 Å². The monoisotopic (exact) mass is 455 g/mol. The summed E-state index contributed by atoms with van der Waals surface area (Å²) in [5.74, 6) is 0.878. The van der Waals surface area contributed by atoms with Gasteiger partial charge in [-0.1, -0.05) is 41.8 Å². The number of amides is 2. The molecule has 0 saturated carbocycles. The highest BCUT2D eigenvalue weighted by Gasteiger charge is 2.23. The summed E-state index contributed by atoms with van der Waals surface area (Å²) in [5.41, 5.74) is 0.569. The zero-order valence-corrected chi connectivity index (χ0v) is 18.4. The molecule has 156 valence electrons. The van der Waals surface area contributed by atoms with Crippen LogP contribution in [0.15, 0.2) is 32.9 Å². The Bertz CT molecular complexity index is 825. The number of rotatable bonds is 8. The standard InChI is InChI=1S/C18H22FN5O2S3/c1-2-27-17-21-22-18(29-17)28-12-16(26)24-9-7-23(8-10-24)11-15(25)20-14-5-3-13(19)4-6-14/h3-6H,2,7-12H2,1H3,(H,20,25). The number of hydrogen-bond acceptors (Lipinski definition) is 8. The highest BCUT2D eigenvalue weighted by Crippen LogP contribution is 2.28. The third-order valence-corrected chi connectivity index (χ3v) is 7.25. The van der Waals surface area contributed by atoms with Gasteiger partial charge < -0.3 is 10.2 Å². The SMILES string of the molecule is CCSc1nnc(SCC(=O)N2CCN(CC(=O)Nc3ccc(F)cc3)CC2)s1. The largest absolute Gasteiger partial charge is 0.339 e. The number of anilines is 1. The highest BCUT2D eigenvalue weighted by molar-refractivity contribution is 8.03. The maximum absolute atomic E-state index is 12.9. The lowest BCUT2D eigenvalue weighted by Gasteiger charge is -2.34. The van der Waals surface area contributed by atoms with Crippen molar-refractivity contribution in [3.05, 3.63) is 30.1 Å². The Morgan fingerprint density at radius 3 is 2.41 bits per heavy atom. The van der Waals surface area contributed by atoms with E-state index in [4.69, 9.17) is 0 Å². The highest BCUT2D eigenvalue weighted by atomic mass is 32.2. The van der Waals surface area contributed by atoms with Crippen LogP contribution in [-0.2, 0) is 9.59 Å². The van der Waals surface area contributed by atoms with Crippen LogP contribution in [0, 0.1) is 5.82 Å². The van der Waals surface area contributed by atoms with Crippen molar-refractivity contribution in [3.63, 3.8) is 0 Å². The maximum Gasteiger partial charge on any atom is 0.238 e. The number of piperazine rings is 1. The Morgan fingerprint density at radius 2 is 1.76 bits per heavy atom. The lowest BCUT2D eigenvalue weighted by Crippen LogP contribution is -2.50. The first kappa shape index (κ1) is 22.0. The molecule has 0 radical (unpaired) electrons. The van der Waals surface area contributed by atoms with Crippen molar-refractivity contribution in [2.75, 3.05) is 49.5 Å². The van der Waals surface area contributed by atoms with Crippen LogP contribution in [-0.4, -0.2) is 76.0 Å². The van der Waals surface area contributed by atoms with E-state index in [9.17, 15) is 14.0 Å². The Balaban J connectivity index is 1.37. The Hall–Kier alpha value is -1.69. The van der Waals surface area contributed by atoms with Gasteiger partial charge in [0.2, 0.25) is 11.8 Å². The molecule has 2 aromatic rings. The van der Waals surface area contributed by atoms with Crippen molar-refractivity contribution in [1.82, 2.24) is 20.0 Å². The summed E-state index contributed by atoms with van der Waals surface area (Å²) in [6.07, 6.45) is 0. The molecule has 1 fully saturated rings. The summed E-state index contributed by atoms with van der Waals surface area (Å²) < 4.78 is 14.7. The number of hydrogen-bond donors (Lipinski definition) is 1. The van der Waals surface area contributed by atoms with E-state index < -0.39 is 0 Å². The van der Waals surface area contributed by atoms with Crippen LogP contribution in [0.25, 0.3) is 0 Å². The molecule has 0 unspecified atom stereocenters. The van der Waals surface area contributed by atoms with E-state index in [1.165, 1.54) is 47.4 Å². The van der Waals surface area contributed by atoms with Crippen molar-refractivity contribution >= 4 is 52.4 Å². The molecule has 0 bridgehead atoms. The maximum atomic E-state index is 12.9. The predicted octanol–water partition coefficient (Wildman–Crippen LogP) is 2.66. The predicted molar refractivity (Wildman–Crippen MR) is 115 cm³/mol. The number of aromatic nitrogens is 2. The molecule has 11 heteroatoms. The van der Waals surface area contributed by atoms with Crippen LogP contribution < -0.4 is 5.32 Å². The molecule has 1 aliphatic heterocycles. The zero-order chi connectivity index (χ0) is 20.6. The number of thioether (sulfide) groups is 2. The fourth-order valence-corrected chi connectivity index (χ4v) is 5.56. The van der Waals surface area contributed by atoms with Crippen molar-refractivity contribution in [1.29, 1.82) is 0 Å². The summed E-state index contributed by atoms with van der Waals surface area (Å²) >= 11 is 4.58. The second-order valence-electron chi connectivity index (χ2n) is 6.27.